The highest BCUT2D eigenvalue weighted by Gasteiger charge is 2.22. The molecule has 1 fully saturated rings. The summed E-state index contributed by atoms with van der Waals surface area (Å²) in [5, 5.41) is 0. The molecule has 0 atom stereocenters. The minimum atomic E-state index is -0.816. The summed E-state index contributed by atoms with van der Waals surface area (Å²) in [6.45, 7) is 5.68. The van der Waals surface area contributed by atoms with Crippen LogP contribution in [0.25, 0.3) is 0 Å². The van der Waals surface area contributed by atoms with Gasteiger partial charge in [0, 0.05) is 55.9 Å². The standard InChI is InChI=1S/C20H23F2N3O/c1-23-6-7-25(17-2-4-18(21)19(22)13-17)20-5-3-16(12-15(20)14-23)24-8-10-26-11-9-24/h2-5,12-13H,6-11,14H2,1H3. The molecule has 0 saturated carbocycles. The molecule has 0 radical (unpaired) electrons. The van der Waals surface area contributed by atoms with E-state index in [0.717, 1.165) is 51.6 Å². The van der Waals surface area contributed by atoms with Crippen molar-refractivity contribution in [3.05, 3.63) is 53.6 Å². The van der Waals surface area contributed by atoms with Crippen LogP contribution in [-0.2, 0) is 11.3 Å². The average molecular weight is 359 g/mol. The van der Waals surface area contributed by atoms with Gasteiger partial charge in [-0.1, -0.05) is 0 Å². The first-order valence-corrected chi connectivity index (χ1v) is 8.98. The Morgan fingerprint density at radius 2 is 1.62 bits per heavy atom. The summed E-state index contributed by atoms with van der Waals surface area (Å²) < 4.78 is 32.6. The van der Waals surface area contributed by atoms with Crippen molar-refractivity contribution < 1.29 is 13.5 Å². The lowest BCUT2D eigenvalue weighted by molar-refractivity contribution is 0.122. The Morgan fingerprint density at radius 3 is 2.38 bits per heavy atom. The predicted octanol–water partition coefficient (Wildman–Crippen LogP) is 3.38. The maximum absolute atomic E-state index is 13.8. The zero-order valence-corrected chi connectivity index (χ0v) is 14.9. The Kier molecular flexibility index (Phi) is 4.78. The third-order valence-electron chi connectivity index (χ3n) is 5.09. The van der Waals surface area contributed by atoms with E-state index in [1.165, 1.54) is 23.4 Å². The number of ether oxygens (including phenoxy) is 1. The van der Waals surface area contributed by atoms with Gasteiger partial charge in [-0.05, 0) is 42.9 Å². The molecule has 0 amide bonds. The molecule has 138 valence electrons. The number of hydrogen-bond donors (Lipinski definition) is 0. The van der Waals surface area contributed by atoms with Crippen molar-refractivity contribution in [2.75, 3.05) is 56.2 Å². The molecule has 0 spiro atoms. The molecule has 2 aliphatic heterocycles. The molecule has 0 aromatic heterocycles. The number of morpholine rings is 1. The minimum Gasteiger partial charge on any atom is -0.378 e. The molecule has 2 aliphatic rings. The molecule has 0 bridgehead atoms. The lowest BCUT2D eigenvalue weighted by Gasteiger charge is -2.30. The molecular weight excluding hydrogens is 336 g/mol. The van der Waals surface area contributed by atoms with E-state index in [4.69, 9.17) is 4.74 Å². The Morgan fingerprint density at radius 1 is 0.846 bits per heavy atom. The van der Waals surface area contributed by atoms with Crippen LogP contribution in [0.2, 0.25) is 0 Å². The third kappa shape index (κ3) is 3.39. The number of fused-ring (bicyclic) bond motifs is 1. The van der Waals surface area contributed by atoms with Gasteiger partial charge in [0.15, 0.2) is 11.6 Å². The normalized spacial score (nSPS) is 18.6. The van der Waals surface area contributed by atoms with Crippen molar-refractivity contribution in [1.82, 2.24) is 4.90 Å². The number of rotatable bonds is 2. The lowest BCUT2D eigenvalue weighted by atomic mass is 10.1. The van der Waals surface area contributed by atoms with Crippen molar-refractivity contribution in [2.24, 2.45) is 0 Å². The maximum Gasteiger partial charge on any atom is 0.160 e. The summed E-state index contributed by atoms with van der Waals surface area (Å²) in [6, 6.07) is 10.5. The van der Waals surface area contributed by atoms with Gasteiger partial charge < -0.3 is 19.4 Å². The van der Waals surface area contributed by atoms with Crippen LogP contribution in [0.5, 0.6) is 0 Å². The van der Waals surface area contributed by atoms with Crippen molar-refractivity contribution in [3.63, 3.8) is 0 Å². The average Bonchev–Trinajstić information content (AvgIpc) is 2.82. The van der Waals surface area contributed by atoms with Crippen LogP contribution < -0.4 is 9.80 Å². The molecule has 2 aromatic rings. The van der Waals surface area contributed by atoms with Gasteiger partial charge in [-0.25, -0.2) is 8.78 Å². The van der Waals surface area contributed by atoms with Crippen LogP contribution in [0.15, 0.2) is 36.4 Å². The van der Waals surface area contributed by atoms with Gasteiger partial charge in [0.05, 0.1) is 13.2 Å². The number of hydrogen-bond acceptors (Lipinski definition) is 4. The smallest absolute Gasteiger partial charge is 0.160 e. The van der Waals surface area contributed by atoms with Gasteiger partial charge in [0.2, 0.25) is 0 Å². The summed E-state index contributed by atoms with van der Waals surface area (Å²) in [5.41, 5.74) is 4.11. The summed E-state index contributed by atoms with van der Waals surface area (Å²) in [7, 11) is 2.08. The molecule has 0 N–H and O–H groups in total. The van der Waals surface area contributed by atoms with Crippen molar-refractivity contribution >= 4 is 17.1 Å². The zero-order valence-electron chi connectivity index (χ0n) is 14.9. The molecule has 2 aromatic carbocycles. The molecule has 4 rings (SSSR count). The van der Waals surface area contributed by atoms with E-state index in [2.05, 4.69) is 39.9 Å². The first kappa shape index (κ1) is 17.2. The number of anilines is 3. The molecule has 4 nitrogen and oxygen atoms in total. The SMILES string of the molecule is CN1CCN(c2ccc(F)c(F)c2)c2ccc(N3CCOCC3)cc2C1. The van der Waals surface area contributed by atoms with Gasteiger partial charge in [-0.2, -0.15) is 0 Å². The van der Waals surface area contributed by atoms with Crippen LogP contribution >= 0.6 is 0 Å². The lowest BCUT2D eigenvalue weighted by Crippen LogP contribution is -2.36. The quantitative estimate of drug-likeness (QED) is 0.818. The first-order chi connectivity index (χ1) is 12.6. The Balaban J connectivity index is 1.71. The van der Waals surface area contributed by atoms with E-state index >= 15 is 0 Å². The zero-order chi connectivity index (χ0) is 18.1. The molecule has 0 aliphatic carbocycles. The first-order valence-electron chi connectivity index (χ1n) is 8.98. The summed E-state index contributed by atoms with van der Waals surface area (Å²) >= 11 is 0. The van der Waals surface area contributed by atoms with Gasteiger partial charge in [0.1, 0.15) is 0 Å². The summed E-state index contributed by atoms with van der Waals surface area (Å²) in [6.07, 6.45) is 0. The Bertz CT molecular complexity index is 793. The molecule has 6 heteroatoms. The van der Waals surface area contributed by atoms with Crippen LogP contribution in [0.4, 0.5) is 25.8 Å². The van der Waals surface area contributed by atoms with Crippen LogP contribution in [-0.4, -0.2) is 51.3 Å². The number of likely N-dealkylation sites (N-methyl/N-ethyl adjacent to an activating group) is 1. The molecule has 26 heavy (non-hydrogen) atoms. The second-order valence-corrected chi connectivity index (χ2v) is 6.90. The van der Waals surface area contributed by atoms with E-state index in [1.807, 2.05) is 0 Å². The monoisotopic (exact) mass is 359 g/mol. The largest absolute Gasteiger partial charge is 0.378 e. The van der Waals surface area contributed by atoms with Gasteiger partial charge in [-0.15, -0.1) is 0 Å². The molecular formula is C20H23F2N3O. The summed E-state index contributed by atoms with van der Waals surface area (Å²) in [5.74, 6) is -1.63. The highest BCUT2D eigenvalue weighted by atomic mass is 19.2. The molecule has 0 unspecified atom stereocenters. The maximum atomic E-state index is 13.8. The Labute approximate surface area is 152 Å². The highest BCUT2D eigenvalue weighted by molar-refractivity contribution is 5.70. The van der Waals surface area contributed by atoms with Crippen molar-refractivity contribution in [2.45, 2.75) is 6.54 Å². The predicted molar refractivity (Wildman–Crippen MR) is 99.2 cm³/mol. The third-order valence-corrected chi connectivity index (χ3v) is 5.09. The van der Waals surface area contributed by atoms with Crippen LogP contribution in [0.3, 0.4) is 0 Å². The van der Waals surface area contributed by atoms with Gasteiger partial charge >= 0.3 is 0 Å². The minimum absolute atomic E-state index is 0.680. The Hall–Kier alpha value is -2.18. The van der Waals surface area contributed by atoms with Crippen molar-refractivity contribution in [1.29, 1.82) is 0 Å². The van der Waals surface area contributed by atoms with Gasteiger partial charge in [-0.3, -0.25) is 0 Å². The fourth-order valence-electron chi connectivity index (χ4n) is 3.66. The fourth-order valence-corrected chi connectivity index (χ4v) is 3.66. The van der Waals surface area contributed by atoms with Crippen molar-refractivity contribution in [3.8, 4) is 0 Å². The van der Waals surface area contributed by atoms with E-state index in [9.17, 15) is 8.78 Å². The van der Waals surface area contributed by atoms with E-state index in [-0.39, 0.29) is 0 Å². The topological polar surface area (TPSA) is 19.0 Å². The molecule has 1 saturated heterocycles. The second kappa shape index (κ2) is 7.21. The summed E-state index contributed by atoms with van der Waals surface area (Å²) in [4.78, 5) is 6.66. The van der Waals surface area contributed by atoms with Crippen LogP contribution in [0, 0.1) is 11.6 Å². The number of benzene rings is 2. The number of halogens is 2. The van der Waals surface area contributed by atoms with E-state index in [1.54, 1.807) is 6.07 Å². The van der Waals surface area contributed by atoms with Gasteiger partial charge in [0.25, 0.3) is 0 Å². The molecule has 2 heterocycles. The van der Waals surface area contributed by atoms with Crippen LogP contribution in [0.1, 0.15) is 5.56 Å². The highest BCUT2D eigenvalue weighted by Crippen LogP contribution is 2.34. The van der Waals surface area contributed by atoms with E-state index < -0.39 is 11.6 Å². The second-order valence-electron chi connectivity index (χ2n) is 6.90. The van der Waals surface area contributed by atoms with E-state index in [0.29, 0.717) is 5.69 Å². The number of nitrogens with zero attached hydrogens (tertiary/aromatic N) is 3. The fraction of sp³-hybridized carbons (Fsp3) is 0.400.